The van der Waals surface area contributed by atoms with Crippen LogP contribution in [0.1, 0.15) is 36.1 Å². The van der Waals surface area contributed by atoms with Crippen molar-refractivity contribution in [3.63, 3.8) is 0 Å². The molecule has 54 heavy (non-hydrogen) atoms. The van der Waals surface area contributed by atoms with Gasteiger partial charge in [0.15, 0.2) is 11.4 Å². The molecule has 12 heteroatoms. The second kappa shape index (κ2) is 14.8. The molecule has 7 rings (SSSR count). The normalized spacial score (nSPS) is 21.3. The Labute approximate surface area is 316 Å². The van der Waals surface area contributed by atoms with Crippen molar-refractivity contribution in [1.82, 2.24) is 19.6 Å². The van der Waals surface area contributed by atoms with Crippen LogP contribution in [0.3, 0.4) is 0 Å². The van der Waals surface area contributed by atoms with E-state index in [2.05, 4.69) is 49.0 Å². The van der Waals surface area contributed by atoms with Gasteiger partial charge in [-0.3, -0.25) is 18.8 Å². The zero-order valence-electron chi connectivity index (χ0n) is 31.4. The maximum Gasteiger partial charge on any atom is 0.297 e. The van der Waals surface area contributed by atoms with E-state index in [0.717, 1.165) is 22.6 Å². The molecule has 2 aliphatic rings. The van der Waals surface area contributed by atoms with Gasteiger partial charge in [0.25, 0.3) is 11.5 Å². The molecule has 280 valence electrons. The topological polar surface area (TPSA) is 121 Å². The number of aliphatic hydroxyl groups is 1. The van der Waals surface area contributed by atoms with Crippen molar-refractivity contribution >= 4 is 24.9 Å². The molecule has 0 bridgehead atoms. The number of aliphatic hydroxyl groups excluding tert-OH is 1. The third-order valence-electron chi connectivity index (χ3n) is 11.5. The molecule has 1 unspecified atom stereocenters. The highest BCUT2D eigenvalue weighted by Gasteiger charge is 2.66. The maximum atomic E-state index is 15.0. The number of nitrogens with zero attached hydrogens (tertiary/aromatic N) is 5. The lowest BCUT2D eigenvalue weighted by Gasteiger charge is -2.37. The van der Waals surface area contributed by atoms with Crippen molar-refractivity contribution < 1.29 is 24.1 Å². The molecule has 3 aromatic carbocycles. The lowest BCUT2D eigenvalue weighted by molar-refractivity contribution is -0.145. The number of aryl methyl sites for hydroxylation is 1. The van der Waals surface area contributed by atoms with E-state index in [1.165, 1.54) is 16.9 Å². The van der Waals surface area contributed by atoms with Crippen molar-refractivity contribution in [2.24, 2.45) is 5.92 Å². The Bertz CT molecular complexity index is 2200. The highest BCUT2D eigenvalue weighted by Crippen LogP contribution is 2.60. The summed E-state index contributed by atoms with van der Waals surface area (Å²) in [6.07, 6.45) is 5.56. The number of anilines is 1. The first kappa shape index (κ1) is 37.0. The van der Waals surface area contributed by atoms with Crippen LogP contribution < -0.4 is 25.1 Å². The summed E-state index contributed by atoms with van der Waals surface area (Å²) in [4.78, 5) is 30.1. The van der Waals surface area contributed by atoms with Gasteiger partial charge in [0.1, 0.15) is 5.75 Å². The van der Waals surface area contributed by atoms with Crippen LogP contribution in [0.2, 0.25) is 18.6 Å². The van der Waals surface area contributed by atoms with E-state index in [9.17, 15) is 14.7 Å². The molecule has 4 heterocycles. The molecule has 1 amide bonds. The molecule has 1 N–H and O–H groups in total. The lowest BCUT2D eigenvalue weighted by Crippen LogP contribution is -2.52. The average Bonchev–Trinajstić information content (AvgIpc) is 3.85. The van der Waals surface area contributed by atoms with Gasteiger partial charge in [0.05, 0.1) is 52.3 Å². The summed E-state index contributed by atoms with van der Waals surface area (Å²) in [7, 11) is 0.721. The third-order valence-corrected chi connectivity index (χ3v) is 15.8. The Kier molecular flexibility index (Phi) is 10.2. The number of rotatable bonds is 13. The van der Waals surface area contributed by atoms with E-state index < -0.39 is 13.7 Å². The molecule has 5 aromatic rings. The number of carbonyl (C=O) groups is 1. The summed E-state index contributed by atoms with van der Waals surface area (Å²) < 4.78 is 21.5. The number of carbonyl (C=O) groups excluding carboxylic acids is 1. The van der Waals surface area contributed by atoms with E-state index >= 15 is 0 Å². The number of benzene rings is 3. The van der Waals surface area contributed by atoms with Crippen molar-refractivity contribution in [3.8, 4) is 17.2 Å². The van der Waals surface area contributed by atoms with Crippen molar-refractivity contribution in [2.45, 2.75) is 56.1 Å². The quantitative estimate of drug-likeness (QED) is 0.126. The Morgan fingerprint density at radius 2 is 1.78 bits per heavy atom. The summed E-state index contributed by atoms with van der Waals surface area (Å²) in [6, 6.07) is 27.2. The molecule has 2 aliphatic heterocycles. The second-order valence-electron chi connectivity index (χ2n) is 14.7. The van der Waals surface area contributed by atoms with Crippen LogP contribution in [0, 0.1) is 5.92 Å². The Morgan fingerprint density at radius 3 is 2.46 bits per heavy atom. The number of hydrogen-bond acceptors (Lipinski definition) is 8. The molecule has 11 nitrogen and oxygen atoms in total. The number of fused-ring (bicyclic) bond motifs is 2. The Hall–Kier alpha value is -5.30. The molecular weight excluding hydrogens is 699 g/mol. The predicted molar refractivity (Wildman–Crippen MR) is 211 cm³/mol. The van der Waals surface area contributed by atoms with Gasteiger partial charge in [-0.1, -0.05) is 79.0 Å². The molecule has 1 spiro atoms. The SMILES string of the molecule is C=CCN1C(=O)[C@@]2(O[C@@H](CCn3cc(C(CO)c4ccccc4)nn3)[C@H]([Si](C)(C)c3ccc(OC)cc3)[C@H]2C)c2cc(-n3cccc(OC)c3=O)ccc21. The maximum absolute atomic E-state index is 15.0. The fraction of sp³-hybridized carbons (Fsp3) is 0.333. The minimum atomic E-state index is -2.41. The van der Waals surface area contributed by atoms with Crippen LogP contribution in [-0.4, -0.2) is 72.1 Å². The fourth-order valence-corrected chi connectivity index (χ4v) is 12.8. The van der Waals surface area contributed by atoms with Gasteiger partial charge < -0.3 is 24.2 Å². The molecular formula is C42H47N5O6Si. The van der Waals surface area contributed by atoms with Gasteiger partial charge in [-0.2, -0.15) is 0 Å². The zero-order chi connectivity index (χ0) is 38.2. The monoisotopic (exact) mass is 745 g/mol. The minimum Gasteiger partial charge on any atom is -0.497 e. The van der Waals surface area contributed by atoms with E-state index in [4.69, 9.17) is 14.2 Å². The molecule has 0 radical (unpaired) electrons. The number of aromatic nitrogens is 4. The van der Waals surface area contributed by atoms with Crippen LogP contribution in [-0.2, 0) is 21.7 Å². The van der Waals surface area contributed by atoms with Crippen molar-refractivity contribution in [3.05, 3.63) is 137 Å². The van der Waals surface area contributed by atoms with Crippen molar-refractivity contribution in [2.75, 3.05) is 32.3 Å². The standard InChI is InChI=1S/C42H47N5O6Si/c1-7-22-47-36-20-15-30(46-23-11-14-38(52-4)40(46)49)25-34(36)42(41(47)50)28(2)39(54(5,6)32-18-16-31(51-3)17-19-32)37(53-42)21-24-45-26-35(43-44-45)33(27-48)29-12-9-8-10-13-29/h7-20,23,25-26,28,33,37,39,48H,1,21-22,24,27H2,2-6H3/t28-,33?,37+,39-,42+/m1/s1. The lowest BCUT2D eigenvalue weighted by atomic mass is 9.82. The highest BCUT2D eigenvalue weighted by molar-refractivity contribution is 6.91. The van der Waals surface area contributed by atoms with Gasteiger partial charge in [0.2, 0.25) is 0 Å². The van der Waals surface area contributed by atoms with Gasteiger partial charge in [-0.25, -0.2) is 0 Å². The molecule has 0 aliphatic carbocycles. The fourth-order valence-electron chi connectivity index (χ4n) is 8.76. The number of pyridine rings is 1. The minimum absolute atomic E-state index is 0.00734. The van der Waals surface area contributed by atoms with Crippen LogP contribution >= 0.6 is 0 Å². The van der Waals surface area contributed by atoms with Crippen LogP contribution in [0.5, 0.6) is 11.5 Å². The summed E-state index contributed by atoms with van der Waals surface area (Å²) in [6.45, 7) is 11.5. The van der Waals surface area contributed by atoms with E-state index in [0.29, 0.717) is 30.9 Å². The third kappa shape index (κ3) is 6.17. The van der Waals surface area contributed by atoms with Gasteiger partial charge >= 0.3 is 0 Å². The second-order valence-corrected chi connectivity index (χ2v) is 19.3. The summed E-state index contributed by atoms with van der Waals surface area (Å²) in [5.41, 5.74) is 2.12. The van der Waals surface area contributed by atoms with Gasteiger partial charge in [-0.05, 0) is 60.0 Å². The number of amides is 1. The van der Waals surface area contributed by atoms with Gasteiger partial charge in [0, 0.05) is 42.7 Å². The largest absolute Gasteiger partial charge is 0.497 e. The number of methoxy groups -OCH3 is 2. The van der Waals surface area contributed by atoms with Crippen LogP contribution in [0.15, 0.2) is 115 Å². The first-order valence-corrected chi connectivity index (χ1v) is 21.4. The van der Waals surface area contributed by atoms with Gasteiger partial charge in [-0.15, -0.1) is 11.7 Å². The zero-order valence-corrected chi connectivity index (χ0v) is 32.4. The molecule has 0 saturated carbocycles. The number of ether oxygens (including phenoxy) is 3. The average molecular weight is 746 g/mol. The summed E-state index contributed by atoms with van der Waals surface area (Å²) >= 11 is 0. The number of hydrogen-bond donors (Lipinski definition) is 1. The van der Waals surface area contributed by atoms with E-state index in [1.54, 1.807) is 41.1 Å². The van der Waals surface area contributed by atoms with E-state index in [-0.39, 0.29) is 47.3 Å². The highest BCUT2D eigenvalue weighted by atomic mass is 28.3. The molecule has 1 saturated heterocycles. The molecule has 5 atom stereocenters. The van der Waals surface area contributed by atoms with E-state index in [1.807, 2.05) is 66.9 Å². The Balaban J connectivity index is 1.31. The summed E-state index contributed by atoms with van der Waals surface area (Å²) in [5.74, 6) is 0.331. The van der Waals surface area contributed by atoms with Crippen LogP contribution in [0.25, 0.3) is 5.69 Å². The van der Waals surface area contributed by atoms with Crippen LogP contribution in [0.4, 0.5) is 5.69 Å². The van der Waals surface area contributed by atoms with Crippen molar-refractivity contribution in [1.29, 1.82) is 0 Å². The first-order valence-electron chi connectivity index (χ1n) is 18.3. The summed E-state index contributed by atoms with van der Waals surface area (Å²) in [5, 5.41) is 20.4. The molecule has 1 fully saturated rings. The smallest absolute Gasteiger partial charge is 0.297 e. The Morgan fingerprint density at radius 1 is 1.02 bits per heavy atom. The first-order chi connectivity index (χ1) is 26.1. The predicted octanol–water partition coefficient (Wildman–Crippen LogP) is 5.41. The molecule has 2 aromatic heterocycles.